The number of anilines is 1. The van der Waals surface area contributed by atoms with Crippen molar-refractivity contribution < 1.29 is 14.2 Å². The molecule has 1 aromatic carbocycles. The van der Waals surface area contributed by atoms with Crippen LogP contribution in [0.15, 0.2) is 28.7 Å². The number of nitrogens with one attached hydrogen (secondary N) is 1. The quantitative estimate of drug-likeness (QED) is 0.879. The highest BCUT2D eigenvalue weighted by Crippen LogP contribution is 2.23. The fourth-order valence-electron chi connectivity index (χ4n) is 2.64. The van der Waals surface area contributed by atoms with Gasteiger partial charge in [-0.25, -0.2) is 0 Å². The molecule has 2 fully saturated rings. The smallest absolute Gasteiger partial charge is 0.0762 e. The van der Waals surface area contributed by atoms with E-state index in [9.17, 15) is 0 Å². The van der Waals surface area contributed by atoms with E-state index in [-0.39, 0.29) is 4.70 Å². The van der Waals surface area contributed by atoms with Gasteiger partial charge in [-0.1, -0.05) is 15.9 Å². The van der Waals surface area contributed by atoms with E-state index in [1.807, 2.05) is 0 Å². The molecule has 2 atom stereocenters. The summed E-state index contributed by atoms with van der Waals surface area (Å²) in [6, 6.07) is 8.44. The van der Waals surface area contributed by atoms with Crippen LogP contribution >= 0.6 is 15.9 Å². The molecule has 0 aliphatic carbocycles. The molecule has 0 amide bonds. The first kappa shape index (κ1) is 19.4. The summed E-state index contributed by atoms with van der Waals surface area (Å²) in [5.74, 6) is 0. The van der Waals surface area contributed by atoms with Crippen LogP contribution in [0.2, 0.25) is 0 Å². The minimum atomic E-state index is 0. The van der Waals surface area contributed by atoms with Gasteiger partial charge in [-0.2, -0.15) is 0 Å². The van der Waals surface area contributed by atoms with Crippen LogP contribution in [0.4, 0.5) is 10.4 Å². The lowest BCUT2D eigenvalue weighted by Gasteiger charge is -2.18. The van der Waals surface area contributed by atoms with Gasteiger partial charge < -0.3 is 19.7 Å². The first-order chi connectivity index (χ1) is 10.2. The molecule has 0 saturated carbocycles. The van der Waals surface area contributed by atoms with Crippen molar-refractivity contribution in [2.75, 3.05) is 45.3 Å². The van der Waals surface area contributed by atoms with Gasteiger partial charge in [0.25, 0.3) is 0 Å². The second-order valence-corrected chi connectivity index (χ2v) is 6.34. The lowest BCUT2D eigenvalue weighted by Crippen LogP contribution is -2.21. The zero-order chi connectivity index (χ0) is 15.1. The maximum Gasteiger partial charge on any atom is 0.0762 e. The van der Waals surface area contributed by atoms with E-state index in [2.05, 4.69) is 50.4 Å². The molecule has 2 unspecified atom stereocenters. The van der Waals surface area contributed by atoms with Crippen molar-refractivity contribution in [1.82, 2.24) is 5.32 Å². The van der Waals surface area contributed by atoms with Crippen molar-refractivity contribution in [2.45, 2.75) is 25.0 Å². The fourth-order valence-corrected chi connectivity index (χ4v) is 2.90. The molecule has 3 rings (SSSR count). The molecule has 2 aliphatic rings. The van der Waals surface area contributed by atoms with Crippen LogP contribution in [0.5, 0.6) is 0 Å². The number of nitrogens with zero attached hydrogens (tertiary/aromatic N) is 1. The molecular weight excluding hydrogens is 351 g/mol. The zero-order valence-corrected chi connectivity index (χ0v) is 14.8. The van der Waals surface area contributed by atoms with Gasteiger partial charge in [0.15, 0.2) is 0 Å². The molecular formula is C16H26BrFN2O2. The van der Waals surface area contributed by atoms with E-state index >= 15 is 0 Å². The molecule has 1 N–H and O–H groups in total. The van der Waals surface area contributed by atoms with Gasteiger partial charge in [0.2, 0.25) is 0 Å². The molecule has 6 heteroatoms. The molecule has 2 heterocycles. The Labute approximate surface area is 140 Å². The normalized spacial score (nSPS) is 23.7. The summed E-state index contributed by atoms with van der Waals surface area (Å²) in [5, 5.41) is 3.20. The SMILES string of the molecule is COC1CCN(c2ccc(Br)cc2)C1.COC1CCNC1.F. The highest BCUT2D eigenvalue weighted by atomic mass is 79.9. The third-order valence-corrected chi connectivity index (χ3v) is 4.55. The molecule has 22 heavy (non-hydrogen) atoms. The summed E-state index contributed by atoms with van der Waals surface area (Å²) in [6.07, 6.45) is 3.20. The minimum Gasteiger partial charge on any atom is -0.380 e. The van der Waals surface area contributed by atoms with Gasteiger partial charge in [0.05, 0.1) is 12.2 Å². The Hall–Kier alpha value is -0.690. The van der Waals surface area contributed by atoms with E-state index < -0.39 is 0 Å². The van der Waals surface area contributed by atoms with Crippen LogP contribution in [-0.4, -0.2) is 52.6 Å². The number of ether oxygens (including phenoxy) is 2. The van der Waals surface area contributed by atoms with E-state index in [4.69, 9.17) is 9.47 Å². The molecule has 0 spiro atoms. The summed E-state index contributed by atoms with van der Waals surface area (Å²) < 4.78 is 11.5. The number of hydrogen-bond acceptors (Lipinski definition) is 4. The van der Waals surface area contributed by atoms with Crippen molar-refractivity contribution in [3.63, 3.8) is 0 Å². The standard InChI is InChI=1S/C11H14BrNO.C5H11NO.FH/c1-14-11-6-7-13(8-11)10-4-2-9(12)3-5-10;1-7-5-2-3-6-4-5;/h2-5,11H,6-8H2,1H3;5-6H,2-4H2,1H3;1H. The number of halogens is 2. The van der Waals surface area contributed by atoms with Crippen molar-refractivity contribution >= 4 is 21.6 Å². The average Bonchev–Trinajstić information content (AvgIpc) is 3.20. The van der Waals surface area contributed by atoms with E-state index in [0.29, 0.717) is 12.2 Å². The van der Waals surface area contributed by atoms with Gasteiger partial charge >= 0.3 is 0 Å². The first-order valence-corrected chi connectivity index (χ1v) is 8.29. The topological polar surface area (TPSA) is 33.7 Å². The zero-order valence-electron chi connectivity index (χ0n) is 13.3. The molecule has 2 aliphatic heterocycles. The fraction of sp³-hybridized carbons (Fsp3) is 0.625. The van der Waals surface area contributed by atoms with Crippen LogP contribution in [0.25, 0.3) is 0 Å². The van der Waals surface area contributed by atoms with Crippen molar-refractivity contribution in [1.29, 1.82) is 0 Å². The lowest BCUT2D eigenvalue weighted by molar-refractivity contribution is 0.119. The molecule has 4 nitrogen and oxygen atoms in total. The summed E-state index contributed by atoms with van der Waals surface area (Å²) >= 11 is 3.44. The average molecular weight is 377 g/mol. The van der Waals surface area contributed by atoms with Crippen LogP contribution in [0, 0.1) is 0 Å². The predicted molar refractivity (Wildman–Crippen MR) is 92.6 cm³/mol. The Morgan fingerprint density at radius 2 is 1.77 bits per heavy atom. The van der Waals surface area contributed by atoms with Crippen molar-refractivity contribution in [3.8, 4) is 0 Å². The van der Waals surface area contributed by atoms with Crippen LogP contribution in [0.3, 0.4) is 0 Å². The minimum absolute atomic E-state index is 0. The van der Waals surface area contributed by atoms with Crippen LogP contribution < -0.4 is 10.2 Å². The highest BCUT2D eigenvalue weighted by Gasteiger charge is 2.21. The van der Waals surface area contributed by atoms with E-state index in [1.165, 1.54) is 12.1 Å². The largest absolute Gasteiger partial charge is 0.380 e. The highest BCUT2D eigenvalue weighted by molar-refractivity contribution is 9.10. The summed E-state index contributed by atoms with van der Waals surface area (Å²) in [7, 11) is 3.55. The second kappa shape index (κ2) is 10.2. The summed E-state index contributed by atoms with van der Waals surface area (Å²) in [6.45, 7) is 4.27. The van der Waals surface area contributed by atoms with Gasteiger partial charge in [-0.3, -0.25) is 4.70 Å². The molecule has 126 valence electrons. The van der Waals surface area contributed by atoms with Gasteiger partial charge in [-0.05, 0) is 43.7 Å². The number of rotatable bonds is 3. The lowest BCUT2D eigenvalue weighted by atomic mass is 10.3. The Morgan fingerprint density at radius 1 is 1.09 bits per heavy atom. The monoisotopic (exact) mass is 376 g/mol. The first-order valence-electron chi connectivity index (χ1n) is 7.49. The Bertz CT molecular complexity index is 413. The number of methoxy groups -OCH3 is 2. The van der Waals surface area contributed by atoms with Gasteiger partial charge in [0.1, 0.15) is 0 Å². The second-order valence-electron chi connectivity index (χ2n) is 5.42. The Kier molecular flexibility index (Phi) is 8.93. The maximum atomic E-state index is 5.34. The number of hydrogen-bond donors (Lipinski definition) is 1. The Balaban J connectivity index is 0.000000258. The third-order valence-electron chi connectivity index (χ3n) is 4.02. The van der Waals surface area contributed by atoms with Gasteiger partial charge in [-0.15, -0.1) is 0 Å². The molecule has 0 aromatic heterocycles. The predicted octanol–water partition coefficient (Wildman–Crippen LogP) is 2.82. The van der Waals surface area contributed by atoms with Gasteiger partial charge in [0, 0.05) is 44.0 Å². The third kappa shape index (κ3) is 5.83. The Morgan fingerprint density at radius 3 is 2.23 bits per heavy atom. The molecule has 0 bridgehead atoms. The van der Waals surface area contributed by atoms with Crippen molar-refractivity contribution in [2.24, 2.45) is 0 Å². The molecule has 0 radical (unpaired) electrons. The van der Waals surface area contributed by atoms with Crippen LogP contribution in [0.1, 0.15) is 12.8 Å². The van der Waals surface area contributed by atoms with Crippen molar-refractivity contribution in [3.05, 3.63) is 28.7 Å². The summed E-state index contributed by atoms with van der Waals surface area (Å²) in [4.78, 5) is 2.36. The molecule has 2 saturated heterocycles. The summed E-state index contributed by atoms with van der Waals surface area (Å²) in [5.41, 5.74) is 1.28. The molecule has 1 aromatic rings. The van der Waals surface area contributed by atoms with E-state index in [1.54, 1.807) is 14.2 Å². The van der Waals surface area contributed by atoms with Crippen LogP contribution in [-0.2, 0) is 9.47 Å². The van der Waals surface area contributed by atoms with E-state index in [0.717, 1.165) is 37.1 Å². The number of benzene rings is 1. The maximum absolute atomic E-state index is 5.34.